The van der Waals surface area contributed by atoms with Crippen molar-refractivity contribution in [2.24, 2.45) is 0 Å². The summed E-state index contributed by atoms with van der Waals surface area (Å²) in [5.41, 5.74) is 0.333. The number of esters is 1. The van der Waals surface area contributed by atoms with Crippen molar-refractivity contribution in [2.45, 2.75) is 38.9 Å². The van der Waals surface area contributed by atoms with Gasteiger partial charge in [0.15, 0.2) is 5.78 Å². The number of carbonyl (C=O) groups excluding carboxylic acids is 2. The molecule has 0 fully saturated rings. The second-order valence-electron chi connectivity index (χ2n) is 4.96. The number of carbonyl (C=O) groups is 2. The molecule has 0 saturated heterocycles. The van der Waals surface area contributed by atoms with Crippen LogP contribution < -0.4 is 5.56 Å². The first kappa shape index (κ1) is 19.3. The first-order valence-electron chi connectivity index (χ1n) is 7.05. The smallest absolute Gasteiger partial charge is 0.315 e. The number of pyridine rings is 1. The second-order valence-corrected chi connectivity index (χ2v) is 6.18. The Morgan fingerprint density at radius 3 is 2.52 bits per heavy atom. The van der Waals surface area contributed by atoms with Gasteiger partial charge in [0.2, 0.25) is 0 Å². The summed E-state index contributed by atoms with van der Waals surface area (Å²) < 4.78 is 30.8. The zero-order valence-electron chi connectivity index (χ0n) is 13.2. The number of nitrogens with one attached hydrogen (secondary N) is 1. The SMILES string of the molecule is CCOC(=O)CSC(CC(=O)c1c(C)cc(C)[nH]c1=O)C(F)F. The normalized spacial score (nSPS) is 12.3. The predicted octanol–water partition coefficient (Wildman–Crippen LogP) is 2.49. The van der Waals surface area contributed by atoms with Gasteiger partial charge < -0.3 is 9.72 Å². The number of halogens is 2. The Bertz CT molecular complexity index is 630. The van der Waals surface area contributed by atoms with Crippen molar-refractivity contribution in [3.8, 4) is 0 Å². The summed E-state index contributed by atoms with van der Waals surface area (Å²) in [6.07, 6.45) is -3.31. The molecule has 1 unspecified atom stereocenters. The Kier molecular flexibility index (Phi) is 7.41. The van der Waals surface area contributed by atoms with Crippen molar-refractivity contribution in [1.82, 2.24) is 4.98 Å². The van der Waals surface area contributed by atoms with Crippen LogP contribution in [-0.2, 0) is 9.53 Å². The van der Waals surface area contributed by atoms with Crippen LogP contribution in [0, 0.1) is 13.8 Å². The van der Waals surface area contributed by atoms with Crippen LogP contribution in [0.15, 0.2) is 10.9 Å². The molecule has 0 aliphatic heterocycles. The van der Waals surface area contributed by atoms with Crippen molar-refractivity contribution in [3.05, 3.63) is 33.2 Å². The average molecular weight is 347 g/mol. The summed E-state index contributed by atoms with van der Waals surface area (Å²) in [4.78, 5) is 37.8. The molecule has 0 aliphatic carbocycles. The predicted molar refractivity (Wildman–Crippen MR) is 84.4 cm³/mol. The van der Waals surface area contributed by atoms with Crippen LogP contribution >= 0.6 is 11.8 Å². The molecule has 1 N–H and O–H groups in total. The van der Waals surface area contributed by atoms with E-state index < -0.39 is 35.4 Å². The number of thioether (sulfide) groups is 1. The van der Waals surface area contributed by atoms with Crippen molar-refractivity contribution in [3.63, 3.8) is 0 Å². The van der Waals surface area contributed by atoms with Crippen LogP contribution in [0.25, 0.3) is 0 Å². The fourth-order valence-electron chi connectivity index (χ4n) is 2.08. The molecule has 0 spiro atoms. The lowest BCUT2D eigenvalue weighted by Gasteiger charge is -2.15. The van der Waals surface area contributed by atoms with Gasteiger partial charge in [0.1, 0.15) is 0 Å². The minimum atomic E-state index is -2.79. The molecular formula is C15H19F2NO4S. The lowest BCUT2D eigenvalue weighted by Crippen LogP contribution is -2.26. The molecule has 0 aliphatic rings. The number of aryl methyl sites for hydroxylation is 2. The van der Waals surface area contributed by atoms with Gasteiger partial charge in [-0.05, 0) is 32.4 Å². The zero-order valence-corrected chi connectivity index (χ0v) is 14.0. The van der Waals surface area contributed by atoms with E-state index in [0.29, 0.717) is 23.0 Å². The van der Waals surface area contributed by atoms with Crippen LogP contribution in [0.5, 0.6) is 0 Å². The van der Waals surface area contributed by atoms with Gasteiger partial charge in [-0.25, -0.2) is 8.78 Å². The molecule has 23 heavy (non-hydrogen) atoms. The first-order chi connectivity index (χ1) is 10.8. The Morgan fingerprint density at radius 2 is 2.00 bits per heavy atom. The summed E-state index contributed by atoms with van der Waals surface area (Å²) in [6, 6.07) is 1.61. The van der Waals surface area contributed by atoms with Crippen molar-refractivity contribution in [1.29, 1.82) is 0 Å². The number of H-pyrrole nitrogens is 1. The van der Waals surface area contributed by atoms with Gasteiger partial charge in [0, 0.05) is 12.1 Å². The molecule has 1 atom stereocenters. The standard InChI is InChI=1S/C15H19F2NO4S/c1-4-22-12(20)7-23-11(14(16)17)6-10(19)13-8(2)5-9(3)18-15(13)21/h5,11,14H,4,6-7H2,1-3H3,(H,18,21). The highest BCUT2D eigenvalue weighted by atomic mass is 32.2. The maximum Gasteiger partial charge on any atom is 0.315 e. The molecule has 128 valence electrons. The van der Waals surface area contributed by atoms with E-state index in [1.165, 1.54) is 0 Å². The number of hydrogen-bond acceptors (Lipinski definition) is 5. The molecule has 0 radical (unpaired) electrons. The highest BCUT2D eigenvalue weighted by Gasteiger charge is 2.27. The third kappa shape index (κ3) is 5.78. The number of ketones is 1. The fourth-order valence-corrected chi connectivity index (χ4v) is 2.93. The minimum Gasteiger partial charge on any atom is -0.465 e. The second kappa shape index (κ2) is 8.81. The van der Waals surface area contributed by atoms with E-state index in [1.54, 1.807) is 26.8 Å². The Balaban J connectivity index is 2.83. The lowest BCUT2D eigenvalue weighted by molar-refractivity contribution is -0.139. The van der Waals surface area contributed by atoms with E-state index in [-0.39, 0.29) is 17.9 Å². The molecule has 8 heteroatoms. The van der Waals surface area contributed by atoms with E-state index in [1.807, 2.05) is 0 Å². The molecule has 0 bridgehead atoms. The average Bonchev–Trinajstić information content (AvgIpc) is 2.42. The molecular weight excluding hydrogens is 328 g/mol. The van der Waals surface area contributed by atoms with E-state index in [0.717, 1.165) is 0 Å². The zero-order chi connectivity index (χ0) is 17.6. The van der Waals surface area contributed by atoms with E-state index in [9.17, 15) is 23.2 Å². The molecule has 1 rings (SSSR count). The molecule has 1 aromatic rings. The summed E-state index contributed by atoms with van der Waals surface area (Å²) in [7, 11) is 0. The number of aromatic amines is 1. The number of rotatable bonds is 8. The Labute approximate surface area is 136 Å². The fraction of sp³-hybridized carbons (Fsp3) is 0.533. The van der Waals surface area contributed by atoms with Gasteiger partial charge in [-0.15, -0.1) is 11.8 Å². The van der Waals surface area contributed by atoms with Gasteiger partial charge in [-0.2, -0.15) is 0 Å². The largest absolute Gasteiger partial charge is 0.465 e. The highest BCUT2D eigenvalue weighted by molar-refractivity contribution is 8.00. The number of alkyl halides is 2. The van der Waals surface area contributed by atoms with E-state index in [4.69, 9.17) is 0 Å². The van der Waals surface area contributed by atoms with Crippen LogP contribution in [0.4, 0.5) is 8.78 Å². The summed E-state index contributed by atoms with van der Waals surface area (Å²) in [5, 5.41) is -1.37. The number of ether oxygens (including phenoxy) is 1. The maximum atomic E-state index is 13.1. The van der Waals surface area contributed by atoms with Crippen LogP contribution in [0.2, 0.25) is 0 Å². The summed E-state index contributed by atoms with van der Waals surface area (Å²) >= 11 is 0.658. The van der Waals surface area contributed by atoms with Gasteiger partial charge in [-0.1, -0.05) is 0 Å². The van der Waals surface area contributed by atoms with Gasteiger partial charge >= 0.3 is 5.97 Å². The number of hydrogen-bond donors (Lipinski definition) is 1. The molecule has 5 nitrogen and oxygen atoms in total. The van der Waals surface area contributed by atoms with E-state index >= 15 is 0 Å². The molecule has 0 amide bonds. The van der Waals surface area contributed by atoms with Gasteiger partial charge in [0.05, 0.1) is 23.2 Å². The quantitative estimate of drug-likeness (QED) is 0.577. The topological polar surface area (TPSA) is 76.2 Å². The maximum absolute atomic E-state index is 13.1. The molecule has 1 heterocycles. The third-order valence-electron chi connectivity index (χ3n) is 3.03. The van der Waals surface area contributed by atoms with E-state index in [2.05, 4.69) is 9.72 Å². The van der Waals surface area contributed by atoms with Crippen LogP contribution in [0.1, 0.15) is 35.0 Å². The monoisotopic (exact) mass is 347 g/mol. The van der Waals surface area contributed by atoms with Crippen LogP contribution in [-0.4, -0.2) is 40.8 Å². The third-order valence-corrected chi connectivity index (χ3v) is 4.24. The van der Waals surface area contributed by atoms with Gasteiger partial charge in [0.25, 0.3) is 12.0 Å². The van der Waals surface area contributed by atoms with Crippen molar-refractivity contribution in [2.75, 3.05) is 12.4 Å². The molecule has 0 aromatic carbocycles. The van der Waals surface area contributed by atoms with Crippen LogP contribution in [0.3, 0.4) is 0 Å². The Hall–Kier alpha value is -1.70. The summed E-state index contributed by atoms with van der Waals surface area (Å²) in [6.45, 7) is 5.02. The number of Topliss-reactive ketones (excluding diaryl/α,β-unsaturated/α-hetero) is 1. The minimum absolute atomic E-state index is 0.113. The number of aromatic nitrogens is 1. The first-order valence-corrected chi connectivity index (χ1v) is 8.10. The molecule has 0 saturated carbocycles. The Morgan fingerprint density at radius 1 is 1.35 bits per heavy atom. The van der Waals surface area contributed by atoms with Gasteiger partial charge in [-0.3, -0.25) is 14.4 Å². The molecule has 1 aromatic heterocycles. The van der Waals surface area contributed by atoms with Crippen molar-refractivity contribution < 1.29 is 23.1 Å². The lowest BCUT2D eigenvalue weighted by atomic mass is 10.0. The van der Waals surface area contributed by atoms with Crippen molar-refractivity contribution >= 4 is 23.5 Å². The summed E-state index contributed by atoms with van der Waals surface area (Å²) in [5.74, 6) is -1.54. The highest BCUT2D eigenvalue weighted by Crippen LogP contribution is 2.24.